The molecule has 3 heterocycles. The van der Waals surface area contributed by atoms with Crippen molar-refractivity contribution in [1.82, 2.24) is 19.5 Å². The fourth-order valence-electron chi connectivity index (χ4n) is 4.42. The normalized spacial score (nSPS) is 13.4. The van der Waals surface area contributed by atoms with Crippen LogP contribution in [0.4, 0.5) is 24.0 Å². The van der Waals surface area contributed by atoms with Crippen molar-refractivity contribution in [2.75, 3.05) is 10.6 Å². The van der Waals surface area contributed by atoms with Crippen molar-refractivity contribution in [2.45, 2.75) is 32.5 Å². The Balaban J connectivity index is 1.21. The molecule has 3 aromatic heterocycles. The van der Waals surface area contributed by atoms with Crippen LogP contribution in [0.1, 0.15) is 40.0 Å². The third-order valence-corrected chi connectivity index (χ3v) is 7.52. The van der Waals surface area contributed by atoms with Crippen LogP contribution in [0.5, 0.6) is 0 Å². The number of nitrogens with zero attached hydrogens (tertiary/aromatic N) is 4. The first-order valence-electron chi connectivity index (χ1n) is 12.8. The summed E-state index contributed by atoms with van der Waals surface area (Å²) in [5, 5.41) is 5.90. The summed E-state index contributed by atoms with van der Waals surface area (Å²) in [6.45, 7) is 1.76. The quantitative estimate of drug-likeness (QED) is 0.229. The number of amides is 2. The number of hydrogen-bond donors (Lipinski definition) is 2. The lowest BCUT2D eigenvalue weighted by molar-refractivity contribution is -0.138. The standard InChI is InChI=1S/C29H23F3N6O2S/c1-16-13-38(15-33-16)14-20-7-8-21(12-22(20)29(30,31)32)34-26(40)19-4-2-3-18(11-19)23-9-10-24-27(35-23)41-28(36-24)37-25(39)17-5-6-17/h2-4,7-13,15,17H,5-6,14H2,1H3,(H,34,40)(H,36,37,39). The smallest absolute Gasteiger partial charge is 0.333 e. The van der Waals surface area contributed by atoms with Crippen LogP contribution >= 0.6 is 11.3 Å². The molecule has 1 aliphatic rings. The molecule has 1 fully saturated rings. The number of aromatic nitrogens is 4. The summed E-state index contributed by atoms with van der Waals surface area (Å²) in [4.78, 5) is 38.9. The molecule has 0 aliphatic heterocycles. The number of alkyl halides is 3. The highest BCUT2D eigenvalue weighted by atomic mass is 32.1. The van der Waals surface area contributed by atoms with Gasteiger partial charge in [-0.2, -0.15) is 13.2 Å². The van der Waals surface area contributed by atoms with Crippen molar-refractivity contribution in [2.24, 2.45) is 5.92 Å². The molecular weight excluding hydrogens is 553 g/mol. The van der Waals surface area contributed by atoms with Crippen molar-refractivity contribution in [1.29, 1.82) is 0 Å². The van der Waals surface area contributed by atoms with E-state index < -0.39 is 17.6 Å². The van der Waals surface area contributed by atoms with Crippen molar-refractivity contribution in [3.8, 4) is 11.3 Å². The molecule has 1 saturated carbocycles. The minimum absolute atomic E-state index is 0.00254. The summed E-state index contributed by atoms with van der Waals surface area (Å²) in [6, 6.07) is 14.0. The zero-order chi connectivity index (χ0) is 28.7. The molecule has 5 aromatic rings. The third kappa shape index (κ3) is 5.97. The van der Waals surface area contributed by atoms with Crippen LogP contribution in [0.15, 0.2) is 67.1 Å². The lowest BCUT2D eigenvalue weighted by Gasteiger charge is -2.15. The first-order valence-corrected chi connectivity index (χ1v) is 13.6. The van der Waals surface area contributed by atoms with Crippen LogP contribution in [-0.4, -0.2) is 31.3 Å². The van der Waals surface area contributed by atoms with Gasteiger partial charge in [0.2, 0.25) is 5.91 Å². The lowest BCUT2D eigenvalue weighted by Crippen LogP contribution is -2.15. The second kappa shape index (κ2) is 10.4. The van der Waals surface area contributed by atoms with Gasteiger partial charge in [-0.3, -0.25) is 9.59 Å². The van der Waals surface area contributed by atoms with Gasteiger partial charge in [0, 0.05) is 35.5 Å². The minimum atomic E-state index is -4.60. The van der Waals surface area contributed by atoms with Crippen molar-refractivity contribution < 1.29 is 22.8 Å². The number of halogens is 3. The Bertz CT molecular complexity index is 1790. The van der Waals surface area contributed by atoms with Crippen LogP contribution in [0.2, 0.25) is 0 Å². The van der Waals surface area contributed by atoms with E-state index in [1.165, 1.54) is 29.8 Å². The Morgan fingerprint density at radius 3 is 2.61 bits per heavy atom. The number of aryl methyl sites for hydroxylation is 1. The topological polar surface area (TPSA) is 102 Å². The van der Waals surface area contributed by atoms with Gasteiger partial charge in [0.25, 0.3) is 5.91 Å². The monoisotopic (exact) mass is 576 g/mol. The van der Waals surface area contributed by atoms with Crippen molar-refractivity contribution >= 4 is 44.3 Å². The van der Waals surface area contributed by atoms with E-state index in [0.717, 1.165) is 18.9 Å². The molecular formula is C29H23F3N6O2S. The minimum Gasteiger partial charge on any atom is -0.333 e. The van der Waals surface area contributed by atoms with E-state index >= 15 is 0 Å². The molecule has 1 aliphatic carbocycles. The van der Waals surface area contributed by atoms with Gasteiger partial charge in [0.1, 0.15) is 10.3 Å². The average molecular weight is 577 g/mol. The van der Waals surface area contributed by atoms with E-state index in [0.29, 0.717) is 32.4 Å². The largest absolute Gasteiger partial charge is 0.416 e. The molecule has 6 rings (SSSR count). The lowest BCUT2D eigenvalue weighted by atomic mass is 10.0. The fraction of sp³-hybridized carbons (Fsp3) is 0.207. The molecule has 0 atom stereocenters. The molecule has 0 unspecified atom stereocenters. The van der Waals surface area contributed by atoms with Crippen LogP contribution in [0, 0.1) is 12.8 Å². The summed E-state index contributed by atoms with van der Waals surface area (Å²) >= 11 is 1.27. The Morgan fingerprint density at radius 2 is 1.88 bits per heavy atom. The highest BCUT2D eigenvalue weighted by molar-refractivity contribution is 7.22. The number of nitrogens with one attached hydrogen (secondary N) is 2. The number of carbonyl (C=O) groups is 2. The van der Waals surface area contributed by atoms with Gasteiger partial charge in [0.15, 0.2) is 5.13 Å². The van der Waals surface area contributed by atoms with Crippen molar-refractivity contribution in [3.05, 3.63) is 89.5 Å². The average Bonchev–Trinajstić information content (AvgIpc) is 3.60. The zero-order valence-electron chi connectivity index (χ0n) is 21.7. The SMILES string of the molecule is Cc1cn(Cc2ccc(NC(=O)c3cccc(-c4ccc5nc(NC(=O)C6CC6)sc5n4)c3)cc2C(F)(F)F)cn1. The van der Waals surface area contributed by atoms with Gasteiger partial charge >= 0.3 is 6.18 Å². The highest BCUT2D eigenvalue weighted by Crippen LogP contribution is 2.35. The molecule has 41 heavy (non-hydrogen) atoms. The number of fused-ring (bicyclic) bond motifs is 1. The zero-order valence-corrected chi connectivity index (χ0v) is 22.5. The van der Waals surface area contributed by atoms with E-state index in [9.17, 15) is 22.8 Å². The number of pyridine rings is 1. The molecule has 12 heteroatoms. The molecule has 2 N–H and O–H groups in total. The first kappa shape index (κ1) is 26.6. The summed E-state index contributed by atoms with van der Waals surface area (Å²) in [5.41, 5.74) is 2.12. The van der Waals surface area contributed by atoms with Gasteiger partial charge in [-0.25, -0.2) is 15.0 Å². The Morgan fingerprint density at radius 1 is 1.05 bits per heavy atom. The molecule has 0 spiro atoms. The van der Waals surface area contributed by atoms with Crippen molar-refractivity contribution in [3.63, 3.8) is 0 Å². The molecule has 0 bridgehead atoms. The highest BCUT2D eigenvalue weighted by Gasteiger charge is 2.34. The molecule has 2 amide bonds. The Kier molecular flexibility index (Phi) is 6.78. The molecule has 0 radical (unpaired) electrons. The van der Waals surface area contributed by atoms with Gasteiger partial charge in [-0.05, 0) is 61.7 Å². The number of benzene rings is 2. The second-order valence-corrected chi connectivity index (χ2v) is 10.9. The summed E-state index contributed by atoms with van der Waals surface area (Å²) < 4.78 is 43.2. The number of hydrogen-bond acceptors (Lipinski definition) is 6. The van der Waals surface area contributed by atoms with Gasteiger partial charge < -0.3 is 15.2 Å². The number of thiazole rings is 1. The van der Waals surface area contributed by atoms with E-state index in [2.05, 4.69) is 25.6 Å². The molecule has 2 aromatic carbocycles. The van der Waals surface area contributed by atoms with Crippen LogP contribution < -0.4 is 10.6 Å². The maximum atomic E-state index is 13.9. The summed E-state index contributed by atoms with van der Waals surface area (Å²) in [7, 11) is 0. The predicted octanol–water partition coefficient (Wildman–Crippen LogP) is 6.53. The summed E-state index contributed by atoms with van der Waals surface area (Å²) in [6.07, 6.45) is 0.322. The first-order chi connectivity index (χ1) is 19.6. The third-order valence-electron chi connectivity index (χ3n) is 6.64. The van der Waals surface area contributed by atoms with Crippen LogP contribution in [-0.2, 0) is 17.5 Å². The Hall–Kier alpha value is -4.58. The number of imidazole rings is 1. The Labute approximate surface area is 236 Å². The second-order valence-electron chi connectivity index (χ2n) is 9.90. The molecule has 208 valence electrons. The van der Waals surface area contributed by atoms with E-state index in [4.69, 9.17) is 0 Å². The van der Waals surface area contributed by atoms with E-state index in [1.807, 2.05) is 0 Å². The molecule has 0 saturated heterocycles. The van der Waals surface area contributed by atoms with Gasteiger partial charge in [-0.1, -0.05) is 29.5 Å². The van der Waals surface area contributed by atoms with Crippen LogP contribution in [0.3, 0.4) is 0 Å². The number of rotatable bonds is 7. The maximum absolute atomic E-state index is 13.9. The number of anilines is 2. The van der Waals surface area contributed by atoms with Gasteiger partial charge in [-0.15, -0.1) is 0 Å². The fourth-order valence-corrected chi connectivity index (χ4v) is 5.26. The van der Waals surface area contributed by atoms with E-state index in [-0.39, 0.29) is 35.2 Å². The van der Waals surface area contributed by atoms with Gasteiger partial charge in [0.05, 0.1) is 23.3 Å². The van der Waals surface area contributed by atoms with Crippen LogP contribution in [0.25, 0.3) is 21.6 Å². The number of carbonyl (C=O) groups excluding carboxylic acids is 2. The van der Waals surface area contributed by atoms with E-state index in [1.54, 1.807) is 54.1 Å². The summed E-state index contributed by atoms with van der Waals surface area (Å²) in [5.74, 6) is -0.528. The maximum Gasteiger partial charge on any atom is 0.416 e. The molecule has 8 nitrogen and oxygen atoms in total. The predicted molar refractivity (Wildman–Crippen MR) is 150 cm³/mol.